The van der Waals surface area contributed by atoms with Crippen LogP contribution >= 0.6 is 0 Å². The summed E-state index contributed by atoms with van der Waals surface area (Å²) in [6.45, 7) is 6.64. The molecule has 20 heavy (non-hydrogen) atoms. The molecule has 1 rings (SSSR count). The summed E-state index contributed by atoms with van der Waals surface area (Å²) in [5.74, 6) is 1.17. The van der Waals surface area contributed by atoms with E-state index in [1.54, 1.807) is 6.92 Å². The molecule has 0 saturated carbocycles. The fraction of sp³-hybridized carbons (Fsp3) is 0.933. The maximum Gasteiger partial charge on any atom is 0.237 e. The van der Waals surface area contributed by atoms with E-state index in [2.05, 4.69) is 24.5 Å². The summed E-state index contributed by atoms with van der Waals surface area (Å²) in [5.41, 5.74) is 0. The van der Waals surface area contributed by atoms with Crippen molar-refractivity contribution >= 4 is 5.91 Å². The van der Waals surface area contributed by atoms with Crippen molar-refractivity contribution in [1.29, 1.82) is 0 Å². The largest absolute Gasteiger partial charge is 0.394 e. The summed E-state index contributed by atoms with van der Waals surface area (Å²) in [6.07, 6.45) is 3.56. The Labute approximate surface area is 122 Å². The molecule has 5 atom stereocenters. The van der Waals surface area contributed by atoms with E-state index in [0.717, 1.165) is 19.4 Å². The van der Waals surface area contributed by atoms with Crippen LogP contribution in [0.4, 0.5) is 0 Å². The fourth-order valence-corrected chi connectivity index (χ4v) is 2.75. The van der Waals surface area contributed by atoms with Crippen LogP contribution in [-0.2, 0) is 4.79 Å². The average molecular weight is 286 g/mol. The second kappa shape index (κ2) is 8.60. The van der Waals surface area contributed by atoms with Gasteiger partial charge in [0.15, 0.2) is 0 Å². The van der Waals surface area contributed by atoms with E-state index in [1.165, 1.54) is 12.8 Å². The number of aliphatic hydroxyl groups is 2. The summed E-state index contributed by atoms with van der Waals surface area (Å²) in [7, 11) is 0. The first-order valence-corrected chi connectivity index (χ1v) is 7.80. The van der Waals surface area contributed by atoms with Gasteiger partial charge in [-0.25, -0.2) is 0 Å². The van der Waals surface area contributed by atoms with Crippen molar-refractivity contribution in [1.82, 2.24) is 10.6 Å². The smallest absolute Gasteiger partial charge is 0.237 e. The minimum Gasteiger partial charge on any atom is -0.394 e. The third kappa shape index (κ3) is 5.38. The molecule has 1 saturated heterocycles. The van der Waals surface area contributed by atoms with Gasteiger partial charge in [0.25, 0.3) is 0 Å². The van der Waals surface area contributed by atoms with Gasteiger partial charge in [-0.1, -0.05) is 20.3 Å². The van der Waals surface area contributed by atoms with Gasteiger partial charge in [-0.2, -0.15) is 0 Å². The van der Waals surface area contributed by atoms with Crippen molar-refractivity contribution in [3.05, 3.63) is 0 Å². The molecule has 1 amide bonds. The molecular formula is C15H30N2O3. The van der Waals surface area contributed by atoms with E-state index in [9.17, 15) is 9.90 Å². The molecule has 0 aromatic rings. The van der Waals surface area contributed by atoms with Gasteiger partial charge in [0.05, 0.1) is 24.8 Å². The lowest BCUT2D eigenvalue weighted by Crippen LogP contribution is -2.54. The highest BCUT2D eigenvalue weighted by Gasteiger charge is 2.29. The van der Waals surface area contributed by atoms with Crippen LogP contribution in [0.3, 0.4) is 0 Å². The van der Waals surface area contributed by atoms with Crippen LogP contribution in [-0.4, -0.2) is 47.5 Å². The number of rotatable bonds is 7. The minimum atomic E-state index is -0.747. The minimum absolute atomic E-state index is 0.112. The van der Waals surface area contributed by atoms with Crippen molar-refractivity contribution < 1.29 is 15.0 Å². The van der Waals surface area contributed by atoms with Crippen molar-refractivity contribution in [3.8, 4) is 0 Å². The van der Waals surface area contributed by atoms with Crippen LogP contribution in [0.2, 0.25) is 0 Å². The Kier molecular flexibility index (Phi) is 7.48. The zero-order valence-electron chi connectivity index (χ0n) is 12.9. The van der Waals surface area contributed by atoms with Gasteiger partial charge in [-0.3, -0.25) is 4.79 Å². The molecule has 4 N–H and O–H groups in total. The first kappa shape index (κ1) is 17.4. The van der Waals surface area contributed by atoms with Gasteiger partial charge in [0.2, 0.25) is 5.91 Å². The number of hydrogen-bond acceptors (Lipinski definition) is 4. The van der Waals surface area contributed by atoms with Crippen molar-refractivity contribution in [3.63, 3.8) is 0 Å². The lowest BCUT2D eigenvalue weighted by molar-refractivity contribution is -0.126. The topological polar surface area (TPSA) is 81.6 Å². The summed E-state index contributed by atoms with van der Waals surface area (Å²) in [4.78, 5) is 12.2. The molecule has 0 spiro atoms. The van der Waals surface area contributed by atoms with Crippen LogP contribution < -0.4 is 10.6 Å². The summed E-state index contributed by atoms with van der Waals surface area (Å²) in [5, 5.41) is 24.6. The maximum atomic E-state index is 12.2. The second-order valence-corrected chi connectivity index (χ2v) is 6.18. The molecule has 1 fully saturated rings. The van der Waals surface area contributed by atoms with Crippen molar-refractivity contribution in [2.45, 2.75) is 64.6 Å². The molecule has 0 aromatic heterocycles. The quantitative estimate of drug-likeness (QED) is 0.554. The number of carbonyl (C=O) groups is 1. The Bertz CT molecular complexity index is 297. The fourth-order valence-electron chi connectivity index (χ4n) is 2.75. The first-order valence-electron chi connectivity index (χ1n) is 7.80. The first-order chi connectivity index (χ1) is 9.47. The van der Waals surface area contributed by atoms with Gasteiger partial charge in [0.1, 0.15) is 0 Å². The van der Waals surface area contributed by atoms with E-state index in [1.807, 2.05) is 0 Å². The molecule has 4 unspecified atom stereocenters. The summed E-state index contributed by atoms with van der Waals surface area (Å²) in [6, 6.07) is -0.787. The summed E-state index contributed by atoms with van der Waals surface area (Å²) < 4.78 is 0. The van der Waals surface area contributed by atoms with E-state index in [0.29, 0.717) is 11.8 Å². The van der Waals surface area contributed by atoms with Gasteiger partial charge < -0.3 is 20.8 Å². The predicted octanol–water partition coefficient (Wildman–Crippen LogP) is 0.649. The number of piperidine rings is 1. The molecule has 1 heterocycles. The Morgan fingerprint density at radius 1 is 1.45 bits per heavy atom. The highest BCUT2D eigenvalue weighted by Crippen LogP contribution is 2.25. The maximum absolute atomic E-state index is 12.2. The number of carbonyl (C=O) groups excluding carboxylic acids is 1. The molecule has 0 radical (unpaired) electrons. The second-order valence-electron chi connectivity index (χ2n) is 6.18. The van der Waals surface area contributed by atoms with Crippen LogP contribution in [0, 0.1) is 11.8 Å². The van der Waals surface area contributed by atoms with Gasteiger partial charge in [-0.05, 0) is 44.6 Å². The predicted molar refractivity (Wildman–Crippen MR) is 79.3 cm³/mol. The average Bonchev–Trinajstić information content (AvgIpc) is 2.44. The van der Waals surface area contributed by atoms with Crippen LogP contribution in [0.15, 0.2) is 0 Å². The Morgan fingerprint density at radius 2 is 2.15 bits per heavy atom. The van der Waals surface area contributed by atoms with Crippen molar-refractivity contribution in [2.75, 3.05) is 13.2 Å². The van der Waals surface area contributed by atoms with Gasteiger partial charge in [0, 0.05) is 0 Å². The highest BCUT2D eigenvalue weighted by atomic mass is 16.3. The standard InChI is InChI=1S/C15H30N2O3/c1-4-10(2)7-12-5-6-16-13(8-12)15(20)17-14(9-18)11(3)19/h10-14,16,18-19H,4-9H2,1-3H3,(H,17,20)/t10?,11-,12?,13?,14?/m0/s1. The Hall–Kier alpha value is -0.650. The van der Waals surface area contributed by atoms with E-state index in [-0.39, 0.29) is 18.6 Å². The normalized spacial score (nSPS) is 27.6. The molecule has 0 bridgehead atoms. The third-order valence-corrected chi connectivity index (χ3v) is 4.37. The molecule has 0 aromatic carbocycles. The van der Waals surface area contributed by atoms with Gasteiger partial charge in [-0.15, -0.1) is 0 Å². The van der Waals surface area contributed by atoms with E-state index < -0.39 is 12.1 Å². The number of hydrogen-bond donors (Lipinski definition) is 4. The third-order valence-electron chi connectivity index (χ3n) is 4.37. The van der Waals surface area contributed by atoms with Crippen LogP contribution in [0.5, 0.6) is 0 Å². The number of amides is 1. The lowest BCUT2D eigenvalue weighted by atomic mass is 9.84. The zero-order valence-corrected chi connectivity index (χ0v) is 12.9. The molecule has 118 valence electrons. The molecule has 1 aliphatic heterocycles. The van der Waals surface area contributed by atoms with Crippen LogP contribution in [0.1, 0.15) is 46.5 Å². The lowest BCUT2D eigenvalue weighted by Gasteiger charge is -2.32. The van der Waals surface area contributed by atoms with Crippen molar-refractivity contribution in [2.24, 2.45) is 11.8 Å². The van der Waals surface area contributed by atoms with Crippen LogP contribution in [0.25, 0.3) is 0 Å². The molecule has 5 nitrogen and oxygen atoms in total. The van der Waals surface area contributed by atoms with E-state index in [4.69, 9.17) is 5.11 Å². The Balaban J connectivity index is 2.47. The molecular weight excluding hydrogens is 256 g/mol. The zero-order chi connectivity index (χ0) is 15.1. The van der Waals surface area contributed by atoms with Gasteiger partial charge >= 0.3 is 0 Å². The monoisotopic (exact) mass is 286 g/mol. The number of aliphatic hydroxyl groups excluding tert-OH is 2. The van der Waals surface area contributed by atoms with E-state index >= 15 is 0 Å². The highest BCUT2D eigenvalue weighted by molar-refractivity contribution is 5.82. The SMILES string of the molecule is CCC(C)CC1CCNC(C(=O)NC(CO)[C@H](C)O)C1. The molecule has 1 aliphatic rings. The number of nitrogens with one attached hydrogen (secondary N) is 2. The molecule has 0 aliphatic carbocycles. The Morgan fingerprint density at radius 3 is 2.70 bits per heavy atom. The summed E-state index contributed by atoms with van der Waals surface area (Å²) >= 11 is 0. The molecule has 5 heteroatoms.